The topological polar surface area (TPSA) is 60.8 Å². The number of aromatic hydroxyl groups is 1. The number of carbonyl (C=O) groups excluding carboxylic acids is 1. The molecule has 4 nitrogen and oxygen atoms in total. The Labute approximate surface area is 95.1 Å². The van der Waals surface area contributed by atoms with Gasteiger partial charge in [0.1, 0.15) is 5.75 Å². The standard InChI is InChI=1S/C12H17NO3/c1-12(2,16)8-13(3)11(15)9-5-4-6-10(14)7-9/h4-7,14,16H,8H2,1-3H3. The zero-order valence-corrected chi connectivity index (χ0v) is 9.77. The molecule has 4 heteroatoms. The Morgan fingerprint density at radius 3 is 2.56 bits per heavy atom. The molecular weight excluding hydrogens is 206 g/mol. The summed E-state index contributed by atoms with van der Waals surface area (Å²) in [6, 6.07) is 6.15. The van der Waals surface area contributed by atoms with Gasteiger partial charge >= 0.3 is 0 Å². The number of amides is 1. The first-order chi connectivity index (χ1) is 7.29. The lowest BCUT2D eigenvalue weighted by molar-refractivity contribution is 0.0368. The van der Waals surface area contributed by atoms with Gasteiger partial charge in [0.2, 0.25) is 0 Å². The van der Waals surface area contributed by atoms with Gasteiger partial charge in [0.15, 0.2) is 0 Å². The van der Waals surface area contributed by atoms with Crippen molar-refractivity contribution in [3.05, 3.63) is 29.8 Å². The van der Waals surface area contributed by atoms with Crippen molar-refractivity contribution in [3.63, 3.8) is 0 Å². The van der Waals surface area contributed by atoms with E-state index in [-0.39, 0.29) is 18.2 Å². The SMILES string of the molecule is CN(CC(C)(C)O)C(=O)c1cccc(O)c1. The molecule has 0 fully saturated rings. The second kappa shape index (κ2) is 4.53. The van der Waals surface area contributed by atoms with Gasteiger partial charge in [-0.2, -0.15) is 0 Å². The Balaban J connectivity index is 2.78. The molecule has 0 aliphatic heterocycles. The van der Waals surface area contributed by atoms with Gasteiger partial charge in [-0.15, -0.1) is 0 Å². The molecule has 0 spiro atoms. The van der Waals surface area contributed by atoms with Crippen LogP contribution in [0.1, 0.15) is 24.2 Å². The van der Waals surface area contributed by atoms with Crippen LogP contribution in [0.25, 0.3) is 0 Å². The lowest BCUT2D eigenvalue weighted by Crippen LogP contribution is -2.39. The fourth-order valence-electron chi connectivity index (χ4n) is 1.51. The fourth-order valence-corrected chi connectivity index (χ4v) is 1.51. The molecule has 0 unspecified atom stereocenters. The van der Waals surface area contributed by atoms with Crippen LogP contribution in [-0.4, -0.2) is 40.2 Å². The summed E-state index contributed by atoms with van der Waals surface area (Å²) in [7, 11) is 1.62. The summed E-state index contributed by atoms with van der Waals surface area (Å²) in [5.74, 6) is -0.166. The molecule has 1 aromatic carbocycles. The van der Waals surface area contributed by atoms with Crippen LogP contribution in [0, 0.1) is 0 Å². The first-order valence-corrected chi connectivity index (χ1v) is 5.06. The number of nitrogens with zero attached hydrogens (tertiary/aromatic N) is 1. The zero-order valence-electron chi connectivity index (χ0n) is 9.77. The maximum atomic E-state index is 11.9. The molecule has 0 bridgehead atoms. The molecule has 0 heterocycles. The molecule has 2 N–H and O–H groups in total. The first-order valence-electron chi connectivity index (χ1n) is 5.06. The molecule has 16 heavy (non-hydrogen) atoms. The lowest BCUT2D eigenvalue weighted by Gasteiger charge is -2.25. The van der Waals surface area contributed by atoms with E-state index in [0.717, 1.165) is 0 Å². The quantitative estimate of drug-likeness (QED) is 0.810. The lowest BCUT2D eigenvalue weighted by atomic mass is 10.1. The third kappa shape index (κ3) is 3.55. The molecule has 1 aromatic rings. The zero-order chi connectivity index (χ0) is 12.3. The summed E-state index contributed by atoms with van der Waals surface area (Å²) >= 11 is 0. The van der Waals surface area contributed by atoms with Crippen molar-refractivity contribution < 1.29 is 15.0 Å². The van der Waals surface area contributed by atoms with Gasteiger partial charge in [0.05, 0.1) is 5.60 Å². The molecule has 0 aromatic heterocycles. The van der Waals surface area contributed by atoms with Gasteiger partial charge in [-0.3, -0.25) is 4.79 Å². The molecule has 0 atom stereocenters. The Morgan fingerprint density at radius 2 is 2.06 bits per heavy atom. The van der Waals surface area contributed by atoms with E-state index in [1.807, 2.05) is 0 Å². The summed E-state index contributed by atoms with van der Waals surface area (Å²) in [5, 5.41) is 18.9. The molecule has 0 saturated carbocycles. The van der Waals surface area contributed by atoms with Crippen molar-refractivity contribution in [2.24, 2.45) is 0 Å². The average Bonchev–Trinajstić information content (AvgIpc) is 2.14. The number of benzene rings is 1. The van der Waals surface area contributed by atoms with E-state index in [1.54, 1.807) is 33.0 Å². The summed E-state index contributed by atoms with van der Waals surface area (Å²) in [6.45, 7) is 3.51. The molecule has 0 saturated heterocycles. The second-order valence-electron chi connectivity index (χ2n) is 4.52. The minimum Gasteiger partial charge on any atom is -0.508 e. The minimum atomic E-state index is -0.929. The minimum absolute atomic E-state index is 0.0579. The number of hydrogen-bond acceptors (Lipinski definition) is 3. The van der Waals surface area contributed by atoms with Gasteiger partial charge in [-0.1, -0.05) is 6.07 Å². The third-order valence-electron chi connectivity index (χ3n) is 2.06. The van der Waals surface area contributed by atoms with Crippen LogP contribution in [0.3, 0.4) is 0 Å². The van der Waals surface area contributed by atoms with Crippen LogP contribution in [0.5, 0.6) is 5.75 Å². The first kappa shape index (κ1) is 12.5. The van der Waals surface area contributed by atoms with Crippen LogP contribution in [0.2, 0.25) is 0 Å². The van der Waals surface area contributed by atoms with Crippen molar-refractivity contribution in [2.45, 2.75) is 19.4 Å². The van der Waals surface area contributed by atoms with Crippen molar-refractivity contribution >= 4 is 5.91 Å². The van der Waals surface area contributed by atoms with Crippen LogP contribution in [0.15, 0.2) is 24.3 Å². The van der Waals surface area contributed by atoms with Crippen LogP contribution in [-0.2, 0) is 0 Å². The van der Waals surface area contributed by atoms with Gasteiger partial charge < -0.3 is 15.1 Å². The Hall–Kier alpha value is -1.55. The van der Waals surface area contributed by atoms with E-state index in [4.69, 9.17) is 0 Å². The average molecular weight is 223 g/mol. The van der Waals surface area contributed by atoms with E-state index in [1.165, 1.54) is 17.0 Å². The number of aliphatic hydroxyl groups is 1. The second-order valence-corrected chi connectivity index (χ2v) is 4.52. The van der Waals surface area contributed by atoms with Gasteiger partial charge in [0, 0.05) is 19.2 Å². The molecule has 1 amide bonds. The number of phenols is 1. The third-order valence-corrected chi connectivity index (χ3v) is 2.06. The monoisotopic (exact) mass is 223 g/mol. The maximum absolute atomic E-state index is 11.9. The van der Waals surface area contributed by atoms with Crippen molar-refractivity contribution in [1.29, 1.82) is 0 Å². The fraction of sp³-hybridized carbons (Fsp3) is 0.417. The van der Waals surface area contributed by atoms with E-state index < -0.39 is 5.60 Å². The van der Waals surface area contributed by atoms with E-state index in [9.17, 15) is 15.0 Å². The number of likely N-dealkylation sites (N-methyl/N-ethyl adjacent to an activating group) is 1. The van der Waals surface area contributed by atoms with Gasteiger partial charge in [-0.25, -0.2) is 0 Å². The summed E-state index contributed by atoms with van der Waals surface area (Å²) in [5.41, 5.74) is -0.520. The summed E-state index contributed by atoms with van der Waals surface area (Å²) in [6.07, 6.45) is 0. The van der Waals surface area contributed by atoms with Crippen LogP contribution < -0.4 is 0 Å². The van der Waals surface area contributed by atoms with Gasteiger partial charge in [-0.05, 0) is 32.0 Å². The van der Waals surface area contributed by atoms with Crippen LogP contribution >= 0.6 is 0 Å². The molecule has 1 rings (SSSR count). The highest BCUT2D eigenvalue weighted by molar-refractivity contribution is 5.94. The normalized spacial score (nSPS) is 11.2. The Bertz CT molecular complexity index is 382. The molecule has 0 aliphatic carbocycles. The molecular formula is C12H17NO3. The summed E-state index contributed by atoms with van der Waals surface area (Å²) < 4.78 is 0. The number of carbonyl (C=O) groups is 1. The van der Waals surface area contributed by atoms with E-state index in [2.05, 4.69) is 0 Å². The predicted octanol–water partition coefficient (Wildman–Crippen LogP) is 1.24. The highest BCUT2D eigenvalue weighted by atomic mass is 16.3. The molecule has 0 aliphatic rings. The van der Waals surface area contributed by atoms with Crippen molar-refractivity contribution in [2.75, 3.05) is 13.6 Å². The van der Waals surface area contributed by atoms with Crippen LogP contribution in [0.4, 0.5) is 0 Å². The van der Waals surface area contributed by atoms with Crippen molar-refractivity contribution in [1.82, 2.24) is 4.90 Å². The molecule has 0 radical (unpaired) electrons. The maximum Gasteiger partial charge on any atom is 0.253 e. The Kier molecular flexibility index (Phi) is 3.55. The predicted molar refractivity (Wildman–Crippen MR) is 61.4 cm³/mol. The van der Waals surface area contributed by atoms with Gasteiger partial charge in [0.25, 0.3) is 5.91 Å². The number of hydrogen-bond donors (Lipinski definition) is 2. The largest absolute Gasteiger partial charge is 0.508 e. The number of rotatable bonds is 3. The summed E-state index contributed by atoms with van der Waals surface area (Å²) in [4.78, 5) is 13.3. The number of phenolic OH excluding ortho intramolecular Hbond substituents is 1. The molecule has 88 valence electrons. The Morgan fingerprint density at radius 1 is 1.44 bits per heavy atom. The van der Waals surface area contributed by atoms with Crippen molar-refractivity contribution in [3.8, 4) is 5.75 Å². The highest BCUT2D eigenvalue weighted by Gasteiger charge is 2.20. The van der Waals surface area contributed by atoms with E-state index >= 15 is 0 Å². The van der Waals surface area contributed by atoms with E-state index in [0.29, 0.717) is 5.56 Å². The smallest absolute Gasteiger partial charge is 0.253 e. The highest BCUT2D eigenvalue weighted by Crippen LogP contribution is 2.13.